The standard InChI is InChI=1S/C19H27N3O4.ClH/c1-25-11-12-26-17-7-3-2-6-16(17)19(24)21-9-4-5-15(14-21)22-10-8-20-13-18(22)23;/h2-3,6-7,15,20H,4-5,8-14H2,1H3;1H. The van der Waals surface area contributed by atoms with Crippen molar-refractivity contribution in [2.45, 2.75) is 18.9 Å². The van der Waals surface area contributed by atoms with Crippen LogP contribution in [0.2, 0.25) is 0 Å². The molecule has 2 amide bonds. The van der Waals surface area contributed by atoms with E-state index in [9.17, 15) is 9.59 Å². The number of amides is 2. The van der Waals surface area contributed by atoms with Crippen LogP contribution in [0, 0.1) is 0 Å². The van der Waals surface area contributed by atoms with Gasteiger partial charge in [0.2, 0.25) is 5.91 Å². The van der Waals surface area contributed by atoms with E-state index in [-0.39, 0.29) is 30.3 Å². The second-order valence-electron chi connectivity index (χ2n) is 6.65. The third kappa shape index (κ3) is 5.34. The zero-order valence-corrected chi connectivity index (χ0v) is 16.5. The van der Waals surface area contributed by atoms with Crippen LogP contribution < -0.4 is 10.1 Å². The number of hydrogen-bond acceptors (Lipinski definition) is 5. The minimum absolute atomic E-state index is 0. The Labute approximate surface area is 166 Å². The van der Waals surface area contributed by atoms with Gasteiger partial charge in [-0.2, -0.15) is 0 Å². The normalized spacial score (nSPS) is 20.2. The number of carbonyl (C=O) groups excluding carboxylic acids is 2. The van der Waals surface area contributed by atoms with Crippen molar-refractivity contribution in [3.8, 4) is 5.75 Å². The number of halogens is 1. The van der Waals surface area contributed by atoms with E-state index in [1.807, 2.05) is 28.0 Å². The second-order valence-corrected chi connectivity index (χ2v) is 6.65. The van der Waals surface area contributed by atoms with E-state index < -0.39 is 0 Å². The van der Waals surface area contributed by atoms with E-state index in [2.05, 4.69) is 5.32 Å². The molecule has 2 heterocycles. The van der Waals surface area contributed by atoms with Gasteiger partial charge in [0.15, 0.2) is 0 Å². The van der Waals surface area contributed by atoms with Crippen LogP contribution in [-0.4, -0.2) is 80.7 Å². The molecule has 1 aromatic rings. The molecule has 8 heteroatoms. The Morgan fingerprint density at radius 3 is 2.85 bits per heavy atom. The molecule has 0 spiro atoms. The largest absolute Gasteiger partial charge is 0.490 e. The maximum absolute atomic E-state index is 13.1. The van der Waals surface area contributed by atoms with Crippen LogP contribution in [0.15, 0.2) is 24.3 Å². The molecule has 0 bridgehead atoms. The molecule has 0 aliphatic carbocycles. The molecular weight excluding hydrogens is 370 g/mol. The number of benzene rings is 1. The van der Waals surface area contributed by atoms with Gasteiger partial charge in [-0.1, -0.05) is 12.1 Å². The molecule has 2 fully saturated rings. The first-order valence-corrected chi connectivity index (χ1v) is 9.21. The highest BCUT2D eigenvalue weighted by atomic mass is 35.5. The maximum Gasteiger partial charge on any atom is 0.257 e. The molecule has 0 saturated carbocycles. The average Bonchev–Trinajstić information content (AvgIpc) is 2.68. The molecule has 27 heavy (non-hydrogen) atoms. The van der Waals surface area contributed by atoms with Crippen LogP contribution in [0.4, 0.5) is 0 Å². The van der Waals surface area contributed by atoms with E-state index in [1.165, 1.54) is 0 Å². The number of carbonyl (C=O) groups is 2. The molecule has 1 unspecified atom stereocenters. The first-order valence-electron chi connectivity index (χ1n) is 9.21. The van der Waals surface area contributed by atoms with Gasteiger partial charge in [-0.15, -0.1) is 12.4 Å². The number of nitrogens with zero attached hydrogens (tertiary/aromatic N) is 2. The van der Waals surface area contributed by atoms with Crippen molar-refractivity contribution in [3.63, 3.8) is 0 Å². The third-order valence-electron chi connectivity index (χ3n) is 4.91. The number of hydrogen-bond donors (Lipinski definition) is 1. The number of methoxy groups -OCH3 is 1. The lowest BCUT2D eigenvalue weighted by atomic mass is 10.0. The molecule has 7 nitrogen and oxygen atoms in total. The number of para-hydroxylation sites is 1. The van der Waals surface area contributed by atoms with Gasteiger partial charge in [0.1, 0.15) is 12.4 Å². The number of rotatable bonds is 6. The van der Waals surface area contributed by atoms with Crippen LogP contribution in [0.1, 0.15) is 23.2 Å². The summed E-state index contributed by atoms with van der Waals surface area (Å²) in [6.45, 7) is 4.08. The highest BCUT2D eigenvalue weighted by Gasteiger charge is 2.32. The van der Waals surface area contributed by atoms with Gasteiger partial charge in [0, 0.05) is 39.3 Å². The van der Waals surface area contributed by atoms with Gasteiger partial charge in [0.05, 0.1) is 18.7 Å². The molecule has 1 aromatic carbocycles. The molecule has 2 aliphatic heterocycles. The van der Waals surface area contributed by atoms with Crippen molar-refractivity contribution in [3.05, 3.63) is 29.8 Å². The van der Waals surface area contributed by atoms with Gasteiger partial charge in [-0.25, -0.2) is 0 Å². The van der Waals surface area contributed by atoms with Crippen molar-refractivity contribution in [2.75, 3.05) is 53.0 Å². The summed E-state index contributed by atoms with van der Waals surface area (Å²) in [7, 11) is 1.62. The van der Waals surface area contributed by atoms with Gasteiger partial charge in [-0.3, -0.25) is 9.59 Å². The van der Waals surface area contributed by atoms with E-state index in [4.69, 9.17) is 9.47 Å². The fourth-order valence-corrected chi connectivity index (χ4v) is 3.58. The number of piperidine rings is 1. The Hall–Kier alpha value is -1.83. The third-order valence-corrected chi connectivity index (χ3v) is 4.91. The van der Waals surface area contributed by atoms with Crippen molar-refractivity contribution >= 4 is 24.2 Å². The molecule has 1 N–H and O–H groups in total. The Morgan fingerprint density at radius 2 is 2.07 bits per heavy atom. The zero-order valence-electron chi connectivity index (χ0n) is 15.7. The molecule has 0 radical (unpaired) electrons. The van der Waals surface area contributed by atoms with Crippen LogP contribution in [0.5, 0.6) is 5.75 Å². The molecule has 1 atom stereocenters. The first kappa shape index (κ1) is 21.5. The van der Waals surface area contributed by atoms with Crippen molar-refractivity contribution in [1.82, 2.24) is 15.1 Å². The van der Waals surface area contributed by atoms with Crippen molar-refractivity contribution < 1.29 is 19.1 Å². The number of ether oxygens (including phenoxy) is 2. The quantitative estimate of drug-likeness (QED) is 0.729. The van der Waals surface area contributed by atoms with Crippen LogP contribution in [0.3, 0.4) is 0 Å². The van der Waals surface area contributed by atoms with Gasteiger partial charge < -0.3 is 24.6 Å². The van der Waals surface area contributed by atoms with E-state index in [0.29, 0.717) is 50.7 Å². The Bertz CT molecular complexity index is 643. The van der Waals surface area contributed by atoms with Crippen LogP contribution in [0.25, 0.3) is 0 Å². The number of likely N-dealkylation sites (tertiary alicyclic amines) is 1. The molecule has 0 aromatic heterocycles. The van der Waals surface area contributed by atoms with Crippen molar-refractivity contribution in [2.24, 2.45) is 0 Å². The number of piperazine rings is 1. The smallest absolute Gasteiger partial charge is 0.257 e. The molecular formula is C19H28ClN3O4. The lowest BCUT2D eigenvalue weighted by Gasteiger charge is -2.41. The zero-order chi connectivity index (χ0) is 18.4. The van der Waals surface area contributed by atoms with Gasteiger partial charge >= 0.3 is 0 Å². The summed E-state index contributed by atoms with van der Waals surface area (Å²) in [6.07, 6.45) is 1.85. The maximum atomic E-state index is 13.1. The molecule has 2 saturated heterocycles. The lowest BCUT2D eigenvalue weighted by Crippen LogP contribution is -2.57. The molecule has 3 rings (SSSR count). The Morgan fingerprint density at radius 1 is 1.26 bits per heavy atom. The van der Waals surface area contributed by atoms with E-state index in [0.717, 1.165) is 19.4 Å². The molecule has 150 valence electrons. The summed E-state index contributed by atoms with van der Waals surface area (Å²) in [5.41, 5.74) is 0.566. The highest BCUT2D eigenvalue weighted by molar-refractivity contribution is 5.97. The average molecular weight is 398 g/mol. The Balaban J connectivity index is 0.00000261. The predicted molar refractivity (Wildman–Crippen MR) is 105 cm³/mol. The minimum Gasteiger partial charge on any atom is -0.490 e. The monoisotopic (exact) mass is 397 g/mol. The second kappa shape index (κ2) is 10.5. The van der Waals surface area contributed by atoms with Crippen molar-refractivity contribution in [1.29, 1.82) is 0 Å². The summed E-state index contributed by atoms with van der Waals surface area (Å²) in [6, 6.07) is 7.41. The fourth-order valence-electron chi connectivity index (χ4n) is 3.58. The minimum atomic E-state index is -0.0368. The summed E-state index contributed by atoms with van der Waals surface area (Å²) in [5.74, 6) is 0.666. The summed E-state index contributed by atoms with van der Waals surface area (Å²) in [4.78, 5) is 29.0. The van der Waals surface area contributed by atoms with Gasteiger partial charge in [-0.05, 0) is 25.0 Å². The van der Waals surface area contributed by atoms with Crippen LogP contribution in [-0.2, 0) is 9.53 Å². The molecule has 2 aliphatic rings. The number of nitrogens with one attached hydrogen (secondary N) is 1. The highest BCUT2D eigenvalue weighted by Crippen LogP contribution is 2.23. The van der Waals surface area contributed by atoms with Gasteiger partial charge in [0.25, 0.3) is 5.91 Å². The Kier molecular flexibility index (Phi) is 8.34. The summed E-state index contributed by atoms with van der Waals surface area (Å²) < 4.78 is 10.7. The SMILES string of the molecule is COCCOc1ccccc1C(=O)N1CCCC(N2CCNCC2=O)C1.Cl. The van der Waals surface area contributed by atoms with E-state index >= 15 is 0 Å². The van der Waals surface area contributed by atoms with E-state index in [1.54, 1.807) is 13.2 Å². The lowest BCUT2D eigenvalue weighted by molar-refractivity contribution is -0.135. The fraction of sp³-hybridized carbons (Fsp3) is 0.579. The first-order chi connectivity index (χ1) is 12.7. The van der Waals surface area contributed by atoms with Crippen LogP contribution >= 0.6 is 12.4 Å². The summed E-state index contributed by atoms with van der Waals surface area (Å²) >= 11 is 0. The summed E-state index contributed by atoms with van der Waals surface area (Å²) in [5, 5.41) is 3.10. The predicted octanol–water partition coefficient (Wildman–Crippen LogP) is 1.17. The topological polar surface area (TPSA) is 71.1 Å².